The third-order valence-corrected chi connectivity index (χ3v) is 6.63. The summed E-state index contributed by atoms with van der Waals surface area (Å²) in [5.41, 5.74) is -0.000739. The summed E-state index contributed by atoms with van der Waals surface area (Å²) in [5.74, 6) is -0.616. The fourth-order valence-electron chi connectivity index (χ4n) is 3.31. The van der Waals surface area contributed by atoms with Crippen LogP contribution in [-0.2, 0) is 9.84 Å². The van der Waals surface area contributed by atoms with Crippen molar-refractivity contribution in [2.45, 2.75) is 12.8 Å². The zero-order chi connectivity index (χ0) is 15.8. The molecule has 22 heavy (non-hydrogen) atoms. The molecular weight excluding hydrogens is 312 g/mol. The standard InChI is InChI=1S/C15H19F2NO3S/c16-12-1-2-14(13(17)9-12)21-8-7-18-5-3-15(4-6-18)10-22(19,20)11-15/h1-2,9H,3-8,10-11H2. The summed E-state index contributed by atoms with van der Waals surface area (Å²) in [7, 11) is -2.78. The van der Waals surface area contributed by atoms with Crippen molar-refractivity contribution < 1.29 is 21.9 Å². The van der Waals surface area contributed by atoms with Gasteiger partial charge < -0.3 is 4.74 Å². The minimum absolute atomic E-state index is 0.000739. The van der Waals surface area contributed by atoms with Crippen LogP contribution in [0.15, 0.2) is 18.2 Å². The van der Waals surface area contributed by atoms with Crippen molar-refractivity contribution in [2.75, 3.05) is 37.7 Å². The maximum absolute atomic E-state index is 13.4. The Bertz CT molecular complexity index is 641. The number of piperidine rings is 1. The van der Waals surface area contributed by atoms with Crippen LogP contribution in [0.25, 0.3) is 0 Å². The molecule has 2 aliphatic rings. The van der Waals surface area contributed by atoms with E-state index in [0.717, 1.165) is 32.0 Å². The molecular formula is C15H19F2NO3S. The Morgan fingerprint density at radius 2 is 1.86 bits per heavy atom. The molecule has 2 fully saturated rings. The van der Waals surface area contributed by atoms with Crippen LogP contribution in [0, 0.1) is 17.0 Å². The highest BCUT2D eigenvalue weighted by Crippen LogP contribution is 2.42. The quantitative estimate of drug-likeness (QED) is 0.845. The zero-order valence-corrected chi connectivity index (χ0v) is 13.0. The maximum Gasteiger partial charge on any atom is 0.167 e. The van der Waals surface area contributed by atoms with E-state index in [9.17, 15) is 17.2 Å². The molecule has 3 rings (SSSR count). The third kappa shape index (κ3) is 3.41. The molecule has 1 aromatic carbocycles. The molecule has 2 saturated heterocycles. The maximum atomic E-state index is 13.4. The molecule has 1 spiro atoms. The second kappa shape index (κ2) is 5.77. The second-order valence-corrected chi connectivity index (χ2v) is 8.36. The summed E-state index contributed by atoms with van der Waals surface area (Å²) < 4.78 is 54.2. The van der Waals surface area contributed by atoms with Crippen LogP contribution in [-0.4, -0.2) is 51.1 Å². The van der Waals surface area contributed by atoms with Gasteiger partial charge in [0.05, 0.1) is 11.5 Å². The smallest absolute Gasteiger partial charge is 0.167 e. The van der Waals surface area contributed by atoms with Crippen LogP contribution in [0.2, 0.25) is 0 Å². The van der Waals surface area contributed by atoms with E-state index in [1.54, 1.807) is 0 Å². The summed E-state index contributed by atoms with van der Waals surface area (Å²) in [6.07, 6.45) is 1.77. The van der Waals surface area contributed by atoms with Crippen LogP contribution in [0.5, 0.6) is 5.75 Å². The first-order chi connectivity index (χ1) is 10.4. The topological polar surface area (TPSA) is 46.6 Å². The molecule has 0 unspecified atom stereocenters. The van der Waals surface area contributed by atoms with Crippen LogP contribution in [0.1, 0.15) is 12.8 Å². The monoisotopic (exact) mass is 331 g/mol. The van der Waals surface area contributed by atoms with Gasteiger partial charge in [0.25, 0.3) is 0 Å². The van der Waals surface area contributed by atoms with E-state index in [4.69, 9.17) is 4.74 Å². The number of sulfone groups is 1. The van der Waals surface area contributed by atoms with Gasteiger partial charge >= 0.3 is 0 Å². The fourth-order valence-corrected chi connectivity index (χ4v) is 5.67. The van der Waals surface area contributed by atoms with E-state index < -0.39 is 21.5 Å². The van der Waals surface area contributed by atoms with Crippen molar-refractivity contribution in [1.29, 1.82) is 0 Å². The lowest BCUT2D eigenvalue weighted by Gasteiger charge is -2.47. The van der Waals surface area contributed by atoms with Gasteiger partial charge in [-0.25, -0.2) is 17.2 Å². The molecule has 2 aliphatic heterocycles. The summed E-state index contributed by atoms with van der Waals surface area (Å²) in [6, 6.07) is 3.26. The van der Waals surface area contributed by atoms with Gasteiger partial charge in [-0.3, -0.25) is 4.90 Å². The van der Waals surface area contributed by atoms with E-state index in [2.05, 4.69) is 4.90 Å². The highest BCUT2D eigenvalue weighted by atomic mass is 32.2. The Morgan fingerprint density at radius 1 is 1.18 bits per heavy atom. The molecule has 0 bridgehead atoms. The van der Waals surface area contributed by atoms with Gasteiger partial charge in [0, 0.05) is 18.0 Å². The van der Waals surface area contributed by atoms with Crippen molar-refractivity contribution >= 4 is 9.84 Å². The summed E-state index contributed by atoms with van der Waals surface area (Å²) in [6.45, 7) is 2.66. The van der Waals surface area contributed by atoms with E-state index in [1.165, 1.54) is 12.1 Å². The van der Waals surface area contributed by atoms with Crippen molar-refractivity contribution in [3.05, 3.63) is 29.8 Å². The highest BCUT2D eigenvalue weighted by molar-refractivity contribution is 7.92. The van der Waals surface area contributed by atoms with E-state index >= 15 is 0 Å². The molecule has 0 saturated carbocycles. The Kier molecular flexibility index (Phi) is 4.11. The highest BCUT2D eigenvalue weighted by Gasteiger charge is 2.49. The lowest BCUT2D eigenvalue weighted by Crippen LogP contribution is -2.54. The fraction of sp³-hybridized carbons (Fsp3) is 0.600. The van der Waals surface area contributed by atoms with Gasteiger partial charge in [0.2, 0.25) is 0 Å². The Balaban J connectivity index is 1.42. The van der Waals surface area contributed by atoms with Crippen molar-refractivity contribution in [3.8, 4) is 5.75 Å². The number of hydrogen-bond acceptors (Lipinski definition) is 4. The number of halogens is 2. The predicted octanol–water partition coefficient (Wildman–Crippen LogP) is 1.85. The Hall–Kier alpha value is -1.21. The Morgan fingerprint density at radius 3 is 2.45 bits per heavy atom. The van der Waals surface area contributed by atoms with E-state index in [-0.39, 0.29) is 11.2 Å². The van der Waals surface area contributed by atoms with Gasteiger partial charge in [-0.1, -0.05) is 0 Å². The summed E-state index contributed by atoms with van der Waals surface area (Å²) in [4.78, 5) is 2.19. The second-order valence-electron chi connectivity index (χ2n) is 6.30. The molecule has 1 aromatic rings. The molecule has 7 heteroatoms. The van der Waals surface area contributed by atoms with Crippen molar-refractivity contribution in [3.63, 3.8) is 0 Å². The predicted molar refractivity (Wildman–Crippen MR) is 78.6 cm³/mol. The number of rotatable bonds is 4. The molecule has 0 amide bonds. The summed E-state index contributed by atoms with van der Waals surface area (Å²) >= 11 is 0. The van der Waals surface area contributed by atoms with Crippen LogP contribution in [0.4, 0.5) is 8.78 Å². The average Bonchev–Trinajstić information content (AvgIpc) is 2.41. The number of benzene rings is 1. The lowest BCUT2D eigenvalue weighted by atomic mass is 9.81. The lowest BCUT2D eigenvalue weighted by molar-refractivity contribution is 0.110. The number of ether oxygens (including phenoxy) is 1. The zero-order valence-electron chi connectivity index (χ0n) is 12.2. The van der Waals surface area contributed by atoms with E-state index in [1.807, 2.05) is 0 Å². The number of nitrogens with zero attached hydrogens (tertiary/aromatic N) is 1. The first-order valence-electron chi connectivity index (χ1n) is 7.38. The van der Waals surface area contributed by atoms with Crippen LogP contribution < -0.4 is 4.74 Å². The molecule has 0 aliphatic carbocycles. The average molecular weight is 331 g/mol. The van der Waals surface area contributed by atoms with Gasteiger partial charge in [0.15, 0.2) is 21.4 Å². The SMILES string of the molecule is O=S1(=O)CC2(CCN(CCOc3ccc(F)cc3F)CC2)C1. The molecule has 4 nitrogen and oxygen atoms in total. The van der Waals surface area contributed by atoms with Gasteiger partial charge in [-0.15, -0.1) is 0 Å². The first-order valence-corrected chi connectivity index (χ1v) is 9.20. The van der Waals surface area contributed by atoms with Gasteiger partial charge in [0.1, 0.15) is 12.4 Å². The molecule has 0 atom stereocenters. The molecule has 0 radical (unpaired) electrons. The van der Waals surface area contributed by atoms with Crippen molar-refractivity contribution in [1.82, 2.24) is 4.90 Å². The minimum Gasteiger partial charge on any atom is -0.489 e. The first kappa shape index (κ1) is 15.7. The number of hydrogen-bond donors (Lipinski definition) is 0. The Labute approximate surface area is 129 Å². The minimum atomic E-state index is -2.78. The van der Waals surface area contributed by atoms with Crippen LogP contribution in [0.3, 0.4) is 0 Å². The number of likely N-dealkylation sites (tertiary alicyclic amines) is 1. The molecule has 0 N–H and O–H groups in total. The molecule has 2 heterocycles. The normalized spacial score (nSPS) is 23.2. The van der Waals surface area contributed by atoms with Gasteiger partial charge in [-0.2, -0.15) is 0 Å². The molecule has 0 aromatic heterocycles. The molecule has 122 valence electrons. The van der Waals surface area contributed by atoms with E-state index in [0.29, 0.717) is 24.7 Å². The van der Waals surface area contributed by atoms with Gasteiger partial charge in [-0.05, 0) is 38.1 Å². The largest absolute Gasteiger partial charge is 0.489 e. The summed E-state index contributed by atoms with van der Waals surface area (Å²) in [5, 5.41) is 0. The third-order valence-electron chi connectivity index (χ3n) is 4.53. The van der Waals surface area contributed by atoms with Crippen molar-refractivity contribution in [2.24, 2.45) is 5.41 Å². The van der Waals surface area contributed by atoms with Crippen LogP contribution >= 0.6 is 0 Å².